The number of aromatic nitrogens is 2. The highest BCUT2D eigenvalue weighted by atomic mass is 16.5. The van der Waals surface area contributed by atoms with Crippen molar-refractivity contribution in [3.05, 3.63) is 23.8 Å². The topological polar surface area (TPSA) is 47.0 Å². The molecule has 1 aromatic heterocycles. The first-order chi connectivity index (χ1) is 7.24. The van der Waals surface area contributed by atoms with Gasteiger partial charge in [0.2, 0.25) is 0 Å². The zero-order chi connectivity index (χ0) is 11.1. The van der Waals surface area contributed by atoms with Crippen LogP contribution in [0.1, 0.15) is 31.2 Å². The second kappa shape index (κ2) is 6.48. The van der Waals surface area contributed by atoms with Crippen LogP contribution in [0.2, 0.25) is 0 Å². The van der Waals surface area contributed by atoms with Gasteiger partial charge in [0.15, 0.2) is 0 Å². The Hall–Kier alpha value is -1.00. The first kappa shape index (κ1) is 12.1. The number of methoxy groups -OCH3 is 1. The van der Waals surface area contributed by atoms with Gasteiger partial charge in [-0.2, -0.15) is 0 Å². The molecule has 0 bridgehead atoms. The molecule has 4 nitrogen and oxygen atoms in total. The van der Waals surface area contributed by atoms with Crippen LogP contribution in [0.5, 0.6) is 0 Å². The molecule has 0 amide bonds. The predicted octanol–water partition coefficient (Wildman–Crippen LogP) is 1.34. The molecule has 0 aliphatic carbocycles. The van der Waals surface area contributed by atoms with Gasteiger partial charge in [-0.05, 0) is 0 Å². The van der Waals surface area contributed by atoms with E-state index < -0.39 is 0 Å². The fourth-order valence-electron chi connectivity index (χ4n) is 1.16. The van der Waals surface area contributed by atoms with E-state index in [-0.39, 0.29) is 0 Å². The van der Waals surface area contributed by atoms with Gasteiger partial charge in [0.25, 0.3) is 0 Å². The number of rotatable bonds is 6. The van der Waals surface area contributed by atoms with Crippen LogP contribution < -0.4 is 5.32 Å². The molecular weight excluding hydrogens is 190 g/mol. The molecule has 0 aromatic carbocycles. The Morgan fingerprint density at radius 1 is 1.33 bits per heavy atom. The van der Waals surface area contributed by atoms with Gasteiger partial charge in [0.05, 0.1) is 6.61 Å². The number of nitrogens with one attached hydrogen (secondary N) is 1. The molecule has 0 saturated carbocycles. The van der Waals surface area contributed by atoms with Gasteiger partial charge in [-0.3, -0.25) is 0 Å². The Morgan fingerprint density at radius 2 is 2.00 bits per heavy atom. The number of nitrogens with zero attached hydrogens (tertiary/aromatic N) is 2. The van der Waals surface area contributed by atoms with Gasteiger partial charge in [-0.1, -0.05) is 13.8 Å². The van der Waals surface area contributed by atoms with E-state index in [2.05, 4.69) is 29.1 Å². The fraction of sp³-hybridized carbons (Fsp3) is 0.636. The highest BCUT2D eigenvalue weighted by Crippen LogP contribution is 2.07. The highest BCUT2D eigenvalue weighted by Gasteiger charge is 2.01. The van der Waals surface area contributed by atoms with Gasteiger partial charge in [-0.15, -0.1) is 0 Å². The van der Waals surface area contributed by atoms with Crippen molar-refractivity contribution in [3.8, 4) is 0 Å². The summed E-state index contributed by atoms with van der Waals surface area (Å²) in [6, 6.07) is 0. The van der Waals surface area contributed by atoms with E-state index in [0.29, 0.717) is 5.92 Å². The van der Waals surface area contributed by atoms with Crippen molar-refractivity contribution in [2.45, 2.75) is 26.3 Å². The molecule has 15 heavy (non-hydrogen) atoms. The van der Waals surface area contributed by atoms with Gasteiger partial charge in [-0.25, -0.2) is 9.97 Å². The average Bonchev–Trinajstić information content (AvgIpc) is 2.25. The summed E-state index contributed by atoms with van der Waals surface area (Å²) in [5.41, 5.74) is 1.11. The van der Waals surface area contributed by atoms with E-state index in [0.717, 1.165) is 31.1 Å². The normalized spacial score (nSPS) is 10.9. The summed E-state index contributed by atoms with van der Waals surface area (Å²) in [5.74, 6) is 1.29. The van der Waals surface area contributed by atoms with Crippen LogP contribution in [0.15, 0.2) is 12.4 Å². The van der Waals surface area contributed by atoms with E-state index in [1.165, 1.54) is 0 Å². The lowest BCUT2D eigenvalue weighted by atomic mass is 10.2. The molecule has 0 saturated heterocycles. The van der Waals surface area contributed by atoms with Crippen molar-refractivity contribution in [1.82, 2.24) is 15.3 Å². The minimum atomic E-state index is 0.389. The van der Waals surface area contributed by atoms with Gasteiger partial charge in [0, 0.05) is 44.1 Å². The zero-order valence-electron chi connectivity index (χ0n) is 9.66. The largest absolute Gasteiger partial charge is 0.383 e. The van der Waals surface area contributed by atoms with Crippen molar-refractivity contribution in [2.24, 2.45) is 0 Å². The van der Waals surface area contributed by atoms with Crippen LogP contribution in [-0.2, 0) is 11.3 Å². The van der Waals surface area contributed by atoms with E-state index >= 15 is 0 Å². The molecule has 0 unspecified atom stereocenters. The van der Waals surface area contributed by atoms with Crippen LogP contribution >= 0.6 is 0 Å². The molecule has 0 aliphatic heterocycles. The summed E-state index contributed by atoms with van der Waals surface area (Å²) in [6.45, 7) is 6.55. The third-order valence-corrected chi connectivity index (χ3v) is 2.05. The van der Waals surface area contributed by atoms with Crippen molar-refractivity contribution >= 4 is 0 Å². The maximum atomic E-state index is 4.94. The third-order valence-electron chi connectivity index (χ3n) is 2.05. The second-order valence-electron chi connectivity index (χ2n) is 3.77. The Morgan fingerprint density at radius 3 is 2.53 bits per heavy atom. The predicted molar refractivity (Wildman–Crippen MR) is 59.7 cm³/mol. The van der Waals surface area contributed by atoms with Crippen LogP contribution in [0.25, 0.3) is 0 Å². The van der Waals surface area contributed by atoms with Crippen molar-refractivity contribution in [1.29, 1.82) is 0 Å². The van der Waals surface area contributed by atoms with Gasteiger partial charge in [0.1, 0.15) is 5.82 Å². The molecule has 1 heterocycles. The van der Waals surface area contributed by atoms with Crippen LogP contribution in [0.3, 0.4) is 0 Å². The molecule has 0 aliphatic rings. The standard InChI is InChI=1S/C11H19N3O/c1-9(2)11-13-7-10(8-14-11)6-12-4-5-15-3/h7-9,12H,4-6H2,1-3H3. The average molecular weight is 209 g/mol. The first-order valence-electron chi connectivity index (χ1n) is 5.24. The lowest BCUT2D eigenvalue weighted by Gasteiger charge is -2.06. The van der Waals surface area contributed by atoms with Gasteiger partial charge < -0.3 is 10.1 Å². The molecular formula is C11H19N3O. The number of hydrogen-bond acceptors (Lipinski definition) is 4. The molecule has 0 spiro atoms. The zero-order valence-corrected chi connectivity index (χ0v) is 9.66. The maximum Gasteiger partial charge on any atom is 0.130 e. The lowest BCUT2D eigenvalue weighted by molar-refractivity contribution is 0.199. The molecule has 0 fully saturated rings. The summed E-state index contributed by atoms with van der Waals surface area (Å²) in [7, 11) is 1.70. The molecule has 1 rings (SSSR count). The Kier molecular flexibility index (Phi) is 5.21. The molecule has 1 aromatic rings. The molecule has 4 heteroatoms. The van der Waals surface area contributed by atoms with E-state index in [1.54, 1.807) is 7.11 Å². The fourth-order valence-corrected chi connectivity index (χ4v) is 1.16. The summed E-state index contributed by atoms with van der Waals surface area (Å²) in [4.78, 5) is 8.59. The molecule has 1 N–H and O–H groups in total. The van der Waals surface area contributed by atoms with E-state index in [1.807, 2.05) is 12.4 Å². The quantitative estimate of drug-likeness (QED) is 0.718. The summed E-state index contributed by atoms with van der Waals surface area (Å²) in [6.07, 6.45) is 3.75. The van der Waals surface area contributed by atoms with Crippen molar-refractivity contribution in [3.63, 3.8) is 0 Å². The van der Waals surface area contributed by atoms with Crippen molar-refractivity contribution < 1.29 is 4.74 Å². The summed E-state index contributed by atoms with van der Waals surface area (Å²) >= 11 is 0. The van der Waals surface area contributed by atoms with Crippen LogP contribution in [0.4, 0.5) is 0 Å². The number of hydrogen-bond donors (Lipinski definition) is 1. The Balaban J connectivity index is 2.36. The molecule has 0 radical (unpaired) electrons. The smallest absolute Gasteiger partial charge is 0.130 e. The van der Waals surface area contributed by atoms with Crippen LogP contribution in [0, 0.1) is 0 Å². The SMILES string of the molecule is COCCNCc1cnc(C(C)C)nc1. The minimum Gasteiger partial charge on any atom is -0.383 e. The van der Waals surface area contributed by atoms with E-state index in [9.17, 15) is 0 Å². The second-order valence-corrected chi connectivity index (χ2v) is 3.77. The minimum absolute atomic E-state index is 0.389. The molecule has 0 atom stereocenters. The number of ether oxygens (including phenoxy) is 1. The Bertz CT molecular complexity index is 272. The summed E-state index contributed by atoms with van der Waals surface area (Å²) < 4.78 is 4.94. The van der Waals surface area contributed by atoms with Crippen molar-refractivity contribution in [2.75, 3.05) is 20.3 Å². The molecule has 84 valence electrons. The Labute approximate surface area is 91.1 Å². The van der Waals surface area contributed by atoms with E-state index in [4.69, 9.17) is 4.74 Å². The summed E-state index contributed by atoms with van der Waals surface area (Å²) in [5, 5.41) is 3.25. The highest BCUT2D eigenvalue weighted by molar-refractivity contribution is 5.06. The van der Waals surface area contributed by atoms with Gasteiger partial charge >= 0.3 is 0 Å². The maximum absolute atomic E-state index is 4.94. The van der Waals surface area contributed by atoms with Crippen LogP contribution in [-0.4, -0.2) is 30.2 Å². The first-order valence-corrected chi connectivity index (χ1v) is 5.24. The third kappa shape index (κ3) is 4.36. The lowest BCUT2D eigenvalue weighted by Crippen LogP contribution is -2.18. The monoisotopic (exact) mass is 209 g/mol.